The van der Waals surface area contributed by atoms with E-state index in [4.69, 9.17) is 5.11 Å². The topological polar surface area (TPSA) is 89.9 Å². The van der Waals surface area contributed by atoms with Crippen molar-refractivity contribution in [2.24, 2.45) is 0 Å². The van der Waals surface area contributed by atoms with Crippen molar-refractivity contribution in [1.82, 2.24) is 4.90 Å². The van der Waals surface area contributed by atoms with Crippen LogP contribution in [-0.4, -0.2) is 45.8 Å². The van der Waals surface area contributed by atoms with E-state index in [0.717, 1.165) is 4.90 Å². The Labute approximate surface area is 114 Å². The number of likely N-dealkylation sites (tertiary alicyclic amines) is 1. The summed E-state index contributed by atoms with van der Waals surface area (Å²) in [7, 11) is 0. The Morgan fingerprint density at radius 1 is 1.45 bits per heavy atom. The number of amides is 2. The molecule has 1 aliphatic rings. The number of aliphatic hydroxyl groups excluding tert-OH is 1. The van der Waals surface area contributed by atoms with E-state index < -0.39 is 24.1 Å². The van der Waals surface area contributed by atoms with E-state index in [-0.39, 0.29) is 18.8 Å². The van der Waals surface area contributed by atoms with Gasteiger partial charge in [0.25, 0.3) is 0 Å². The van der Waals surface area contributed by atoms with Crippen LogP contribution in [0.4, 0.5) is 14.9 Å². The van der Waals surface area contributed by atoms with Crippen molar-refractivity contribution in [2.45, 2.75) is 25.5 Å². The molecule has 1 aliphatic heterocycles. The third kappa shape index (κ3) is 2.88. The fourth-order valence-electron chi connectivity index (χ4n) is 2.19. The number of carboxylic acids is 1. The monoisotopic (exact) mass is 282 g/mol. The lowest BCUT2D eigenvalue weighted by atomic mass is 10.2. The molecule has 1 aromatic rings. The molecule has 2 amide bonds. The number of aryl methyl sites for hydroxylation is 1. The first kappa shape index (κ1) is 14.3. The Balaban J connectivity index is 2.11. The second kappa shape index (κ2) is 5.46. The first-order chi connectivity index (χ1) is 9.38. The van der Waals surface area contributed by atoms with Gasteiger partial charge in [0.15, 0.2) is 0 Å². The average molecular weight is 282 g/mol. The molecule has 1 saturated heterocycles. The van der Waals surface area contributed by atoms with Gasteiger partial charge in [-0.15, -0.1) is 0 Å². The van der Waals surface area contributed by atoms with Gasteiger partial charge >= 0.3 is 12.0 Å². The molecule has 1 fully saturated rings. The summed E-state index contributed by atoms with van der Waals surface area (Å²) in [6, 6.07) is 2.39. The largest absolute Gasteiger partial charge is 0.480 e. The molecule has 0 saturated carbocycles. The van der Waals surface area contributed by atoms with Crippen molar-refractivity contribution < 1.29 is 24.2 Å². The van der Waals surface area contributed by atoms with Crippen LogP contribution in [0.3, 0.4) is 0 Å². The number of urea groups is 1. The molecule has 3 N–H and O–H groups in total. The molecule has 108 valence electrons. The fraction of sp³-hybridized carbons (Fsp3) is 0.385. The van der Waals surface area contributed by atoms with Gasteiger partial charge in [-0.25, -0.2) is 14.0 Å². The first-order valence-corrected chi connectivity index (χ1v) is 6.13. The molecule has 6 nitrogen and oxygen atoms in total. The number of hydrogen-bond donors (Lipinski definition) is 3. The number of halogens is 1. The molecular weight excluding hydrogens is 267 g/mol. The number of carbonyl (C=O) groups is 2. The number of aliphatic carboxylic acids is 1. The fourth-order valence-corrected chi connectivity index (χ4v) is 2.19. The number of nitrogens with zero attached hydrogens (tertiary/aromatic N) is 1. The van der Waals surface area contributed by atoms with E-state index in [0.29, 0.717) is 11.3 Å². The molecule has 2 rings (SSSR count). The van der Waals surface area contributed by atoms with Crippen LogP contribution in [0.15, 0.2) is 18.2 Å². The molecule has 20 heavy (non-hydrogen) atoms. The highest BCUT2D eigenvalue weighted by atomic mass is 19.1. The molecule has 0 aliphatic carbocycles. The highest BCUT2D eigenvalue weighted by Gasteiger charge is 2.38. The minimum Gasteiger partial charge on any atom is -0.480 e. The molecule has 1 aromatic carbocycles. The van der Waals surface area contributed by atoms with Crippen molar-refractivity contribution in [2.75, 3.05) is 11.9 Å². The maximum atomic E-state index is 13.1. The summed E-state index contributed by atoms with van der Waals surface area (Å²) in [5.41, 5.74) is 0.749. The predicted octanol–water partition coefficient (Wildman–Crippen LogP) is 1.19. The van der Waals surface area contributed by atoms with E-state index in [2.05, 4.69) is 5.32 Å². The lowest BCUT2D eigenvalue weighted by molar-refractivity contribution is -0.141. The lowest BCUT2D eigenvalue weighted by Gasteiger charge is -2.21. The van der Waals surface area contributed by atoms with Crippen LogP contribution in [0, 0.1) is 12.7 Å². The predicted molar refractivity (Wildman–Crippen MR) is 68.9 cm³/mol. The van der Waals surface area contributed by atoms with Gasteiger partial charge in [-0.05, 0) is 30.7 Å². The number of anilines is 1. The number of hydrogen-bond acceptors (Lipinski definition) is 3. The quantitative estimate of drug-likeness (QED) is 0.760. The van der Waals surface area contributed by atoms with Crippen LogP contribution in [0.2, 0.25) is 0 Å². The van der Waals surface area contributed by atoms with Gasteiger partial charge in [-0.2, -0.15) is 0 Å². The average Bonchev–Trinajstić information content (AvgIpc) is 2.76. The summed E-state index contributed by atoms with van der Waals surface area (Å²) in [6.45, 7) is 1.52. The SMILES string of the molecule is Cc1cc(NC(=O)N2CC(O)C[C@H]2C(=O)O)ccc1F. The molecule has 2 atom stereocenters. The van der Waals surface area contributed by atoms with Gasteiger partial charge in [-0.3, -0.25) is 0 Å². The maximum absolute atomic E-state index is 13.1. The summed E-state index contributed by atoms with van der Waals surface area (Å²) in [5.74, 6) is -1.55. The molecule has 1 unspecified atom stereocenters. The van der Waals surface area contributed by atoms with Gasteiger partial charge in [0.2, 0.25) is 0 Å². The number of aliphatic hydroxyl groups is 1. The maximum Gasteiger partial charge on any atom is 0.326 e. The van der Waals surface area contributed by atoms with Gasteiger partial charge in [0, 0.05) is 18.7 Å². The number of carbonyl (C=O) groups excluding carboxylic acids is 1. The minimum absolute atomic E-state index is 0.00516. The van der Waals surface area contributed by atoms with E-state index in [1.165, 1.54) is 18.2 Å². The van der Waals surface area contributed by atoms with E-state index in [1.807, 2.05) is 0 Å². The van der Waals surface area contributed by atoms with Gasteiger partial charge < -0.3 is 20.4 Å². The molecular formula is C13H15FN2O4. The number of β-amino-alcohol motifs (C(OH)–C–C–N with tert-alkyl or cyclic N) is 1. The van der Waals surface area contributed by atoms with Crippen LogP contribution < -0.4 is 5.32 Å². The summed E-state index contributed by atoms with van der Waals surface area (Å²) >= 11 is 0. The highest BCUT2D eigenvalue weighted by molar-refractivity contribution is 5.92. The Bertz CT molecular complexity index is 549. The zero-order chi connectivity index (χ0) is 14.9. The Kier molecular flexibility index (Phi) is 3.89. The summed E-state index contributed by atoms with van der Waals surface area (Å²) < 4.78 is 13.1. The number of carboxylic acid groups (broad SMARTS) is 1. The molecule has 0 radical (unpaired) electrons. The summed E-state index contributed by atoms with van der Waals surface area (Å²) in [4.78, 5) is 24.1. The van der Waals surface area contributed by atoms with Gasteiger partial charge in [0.1, 0.15) is 11.9 Å². The Morgan fingerprint density at radius 2 is 2.15 bits per heavy atom. The van der Waals surface area contributed by atoms with Gasteiger partial charge in [0.05, 0.1) is 6.10 Å². The second-order valence-corrected chi connectivity index (χ2v) is 4.79. The zero-order valence-corrected chi connectivity index (χ0v) is 10.8. The molecule has 7 heteroatoms. The number of nitrogens with one attached hydrogen (secondary N) is 1. The third-order valence-corrected chi connectivity index (χ3v) is 3.23. The molecule has 0 aromatic heterocycles. The van der Waals surface area contributed by atoms with Crippen LogP contribution in [0.25, 0.3) is 0 Å². The van der Waals surface area contributed by atoms with E-state index >= 15 is 0 Å². The Hall–Kier alpha value is -2.15. The van der Waals surface area contributed by atoms with Crippen LogP contribution in [-0.2, 0) is 4.79 Å². The van der Waals surface area contributed by atoms with Gasteiger partial charge in [-0.1, -0.05) is 0 Å². The Morgan fingerprint density at radius 3 is 2.75 bits per heavy atom. The summed E-state index contributed by atoms with van der Waals surface area (Å²) in [5, 5.41) is 21.0. The molecule has 1 heterocycles. The molecule has 0 spiro atoms. The zero-order valence-electron chi connectivity index (χ0n) is 10.8. The standard InChI is InChI=1S/C13H15FN2O4/c1-7-4-8(2-3-10(7)14)15-13(20)16-6-9(17)5-11(16)12(18)19/h2-4,9,11,17H,5-6H2,1H3,(H,15,20)(H,18,19)/t9?,11-/m0/s1. The second-order valence-electron chi connectivity index (χ2n) is 4.79. The number of rotatable bonds is 2. The summed E-state index contributed by atoms with van der Waals surface area (Å²) in [6.07, 6.45) is -0.845. The van der Waals surface area contributed by atoms with E-state index in [1.54, 1.807) is 6.92 Å². The first-order valence-electron chi connectivity index (χ1n) is 6.13. The number of benzene rings is 1. The minimum atomic E-state index is -1.16. The van der Waals surface area contributed by atoms with Crippen LogP contribution >= 0.6 is 0 Å². The van der Waals surface area contributed by atoms with Crippen molar-refractivity contribution in [3.63, 3.8) is 0 Å². The van der Waals surface area contributed by atoms with Crippen LogP contribution in [0.5, 0.6) is 0 Å². The normalized spacial score (nSPS) is 21.9. The molecule has 0 bridgehead atoms. The van der Waals surface area contributed by atoms with Crippen LogP contribution in [0.1, 0.15) is 12.0 Å². The van der Waals surface area contributed by atoms with E-state index in [9.17, 15) is 19.1 Å². The lowest BCUT2D eigenvalue weighted by Crippen LogP contribution is -2.43. The van der Waals surface area contributed by atoms with Crippen molar-refractivity contribution in [1.29, 1.82) is 0 Å². The van der Waals surface area contributed by atoms with Crippen molar-refractivity contribution in [3.05, 3.63) is 29.6 Å². The highest BCUT2D eigenvalue weighted by Crippen LogP contribution is 2.20. The van der Waals surface area contributed by atoms with Crippen molar-refractivity contribution >= 4 is 17.7 Å². The third-order valence-electron chi connectivity index (χ3n) is 3.23. The smallest absolute Gasteiger partial charge is 0.326 e. The van der Waals surface area contributed by atoms with Crippen molar-refractivity contribution in [3.8, 4) is 0 Å².